The van der Waals surface area contributed by atoms with Gasteiger partial charge in [-0.2, -0.15) is 0 Å². The molecule has 2 heteroatoms. The average Bonchev–Trinajstić information content (AvgIpc) is 2.32. The van der Waals surface area contributed by atoms with Crippen LogP contribution in [0.3, 0.4) is 0 Å². The van der Waals surface area contributed by atoms with Gasteiger partial charge in [-0.25, -0.2) is 4.98 Å². The fourth-order valence-corrected chi connectivity index (χ4v) is 1.99. The highest BCUT2D eigenvalue weighted by Gasteiger charge is 2.21. The minimum atomic E-state index is 0.736. The second-order valence-electron chi connectivity index (χ2n) is 2.91. The van der Waals surface area contributed by atoms with E-state index in [-0.39, 0.29) is 0 Å². The Hall–Kier alpha value is -0.630. The predicted molar refractivity (Wildman–Crippen MR) is 47.5 cm³/mol. The quantitative estimate of drug-likeness (QED) is 0.655. The molecule has 0 aliphatic heterocycles. The van der Waals surface area contributed by atoms with Crippen LogP contribution in [0.25, 0.3) is 6.08 Å². The first-order valence-electron chi connectivity index (χ1n) is 3.90. The highest BCUT2D eigenvalue weighted by atomic mass is 32.1. The van der Waals surface area contributed by atoms with Crippen molar-refractivity contribution in [2.24, 2.45) is 0 Å². The van der Waals surface area contributed by atoms with E-state index in [0.717, 1.165) is 10.9 Å². The smallest absolute Gasteiger partial charge is 0.116 e. The summed E-state index contributed by atoms with van der Waals surface area (Å²) in [5.41, 5.74) is 1.25. The molecule has 1 heterocycles. The molecule has 1 saturated carbocycles. The standard InChI is InChI=1S/C9H10NS/c1-2-9-10-8(6-11-9)7-4-3-5-7/h1-2,6-7H,3-5H2. The van der Waals surface area contributed by atoms with E-state index in [0.29, 0.717) is 0 Å². The van der Waals surface area contributed by atoms with Crippen LogP contribution in [0.15, 0.2) is 5.38 Å². The van der Waals surface area contributed by atoms with Gasteiger partial charge in [0.15, 0.2) is 0 Å². The molecule has 1 aromatic heterocycles. The number of thiazole rings is 1. The first-order chi connectivity index (χ1) is 5.40. The van der Waals surface area contributed by atoms with E-state index in [1.807, 2.05) is 0 Å². The van der Waals surface area contributed by atoms with Crippen LogP contribution in [0, 0.1) is 6.58 Å². The Morgan fingerprint density at radius 3 is 2.91 bits per heavy atom. The van der Waals surface area contributed by atoms with Gasteiger partial charge >= 0.3 is 0 Å². The molecular weight excluding hydrogens is 154 g/mol. The van der Waals surface area contributed by atoms with Gasteiger partial charge in [0.1, 0.15) is 5.01 Å². The molecule has 1 nitrogen and oxygen atoms in total. The van der Waals surface area contributed by atoms with Gasteiger partial charge in [0, 0.05) is 11.3 Å². The van der Waals surface area contributed by atoms with Crippen LogP contribution in [-0.4, -0.2) is 4.98 Å². The average molecular weight is 164 g/mol. The van der Waals surface area contributed by atoms with E-state index in [4.69, 9.17) is 6.58 Å². The summed E-state index contributed by atoms with van der Waals surface area (Å²) in [4.78, 5) is 4.39. The molecule has 1 fully saturated rings. The summed E-state index contributed by atoms with van der Waals surface area (Å²) in [5.74, 6) is 0.736. The van der Waals surface area contributed by atoms with E-state index in [2.05, 4.69) is 10.4 Å². The Balaban J connectivity index is 2.17. The zero-order chi connectivity index (χ0) is 7.68. The van der Waals surface area contributed by atoms with Crippen molar-refractivity contribution in [3.8, 4) is 0 Å². The highest BCUT2D eigenvalue weighted by Crippen LogP contribution is 2.36. The molecular formula is C9H10NS. The molecule has 0 amide bonds. The van der Waals surface area contributed by atoms with Crippen molar-refractivity contribution in [3.05, 3.63) is 22.7 Å². The van der Waals surface area contributed by atoms with E-state index in [9.17, 15) is 0 Å². The molecule has 0 spiro atoms. The first-order valence-corrected chi connectivity index (χ1v) is 4.78. The monoisotopic (exact) mass is 164 g/mol. The van der Waals surface area contributed by atoms with Gasteiger partial charge < -0.3 is 0 Å². The Morgan fingerprint density at radius 2 is 2.45 bits per heavy atom. The highest BCUT2D eigenvalue weighted by molar-refractivity contribution is 7.10. The number of rotatable bonds is 2. The zero-order valence-corrected chi connectivity index (χ0v) is 7.10. The molecule has 0 bridgehead atoms. The van der Waals surface area contributed by atoms with Crippen LogP contribution in [0.5, 0.6) is 0 Å². The molecule has 57 valence electrons. The number of aromatic nitrogens is 1. The normalized spacial score (nSPS) is 17.8. The van der Waals surface area contributed by atoms with Crippen molar-refractivity contribution in [1.82, 2.24) is 4.98 Å². The topological polar surface area (TPSA) is 12.9 Å². The summed E-state index contributed by atoms with van der Waals surface area (Å²) < 4.78 is 0. The SMILES string of the molecule is [CH]=Cc1nc(C2CCC2)cs1. The summed E-state index contributed by atoms with van der Waals surface area (Å²) in [6.45, 7) is 5.35. The molecule has 0 N–H and O–H groups in total. The molecule has 1 aliphatic rings. The minimum Gasteiger partial charge on any atom is -0.241 e. The van der Waals surface area contributed by atoms with Gasteiger partial charge in [0.2, 0.25) is 0 Å². The second kappa shape index (κ2) is 2.78. The fourth-order valence-electron chi connectivity index (χ4n) is 1.27. The summed E-state index contributed by atoms with van der Waals surface area (Å²) in [5, 5.41) is 3.08. The molecule has 0 aromatic carbocycles. The van der Waals surface area contributed by atoms with Crippen LogP contribution in [0.2, 0.25) is 0 Å². The van der Waals surface area contributed by atoms with Gasteiger partial charge in [0.05, 0.1) is 5.69 Å². The lowest BCUT2D eigenvalue weighted by Gasteiger charge is -2.22. The molecule has 11 heavy (non-hydrogen) atoms. The molecule has 0 atom stereocenters. The first kappa shape index (κ1) is 7.04. The third-order valence-corrected chi connectivity index (χ3v) is 3.03. The van der Waals surface area contributed by atoms with Crippen LogP contribution in [-0.2, 0) is 0 Å². The lowest BCUT2D eigenvalue weighted by molar-refractivity contribution is 0.412. The van der Waals surface area contributed by atoms with Gasteiger partial charge in [0.25, 0.3) is 0 Å². The number of nitrogens with zero attached hydrogens (tertiary/aromatic N) is 1. The molecule has 1 aromatic rings. The van der Waals surface area contributed by atoms with Crippen LogP contribution >= 0.6 is 11.3 Å². The molecule has 0 unspecified atom stereocenters. The molecule has 1 aliphatic carbocycles. The molecule has 2 rings (SSSR count). The second-order valence-corrected chi connectivity index (χ2v) is 3.79. The van der Waals surface area contributed by atoms with Gasteiger partial charge in [-0.15, -0.1) is 11.3 Å². The van der Waals surface area contributed by atoms with E-state index in [1.54, 1.807) is 17.4 Å². The summed E-state index contributed by atoms with van der Waals surface area (Å²) in [7, 11) is 0. The maximum absolute atomic E-state index is 5.35. The maximum atomic E-state index is 5.35. The zero-order valence-electron chi connectivity index (χ0n) is 6.29. The van der Waals surface area contributed by atoms with E-state index in [1.165, 1.54) is 25.0 Å². The van der Waals surface area contributed by atoms with Crippen molar-refractivity contribution in [1.29, 1.82) is 0 Å². The van der Waals surface area contributed by atoms with Crippen LogP contribution in [0.1, 0.15) is 35.9 Å². The summed E-state index contributed by atoms with van der Waals surface area (Å²) >= 11 is 1.64. The van der Waals surface area contributed by atoms with Gasteiger partial charge in [-0.1, -0.05) is 13.0 Å². The Labute approximate surface area is 70.8 Å². The van der Waals surface area contributed by atoms with Crippen molar-refractivity contribution in [2.45, 2.75) is 25.2 Å². The van der Waals surface area contributed by atoms with Crippen molar-refractivity contribution >= 4 is 17.4 Å². The Morgan fingerprint density at radius 1 is 1.64 bits per heavy atom. The van der Waals surface area contributed by atoms with Crippen molar-refractivity contribution in [2.75, 3.05) is 0 Å². The molecule has 1 radical (unpaired) electrons. The Kier molecular flexibility index (Phi) is 1.78. The van der Waals surface area contributed by atoms with Gasteiger partial charge in [-0.05, 0) is 18.9 Å². The predicted octanol–water partition coefficient (Wildman–Crippen LogP) is 2.86. The maximum Gasteiger partial charge on any atom is 0.116 e. The van der Waals surface area contributed by atoms with Crippen LogP contribution in [0.4, 0.5) is 0 Å². The molecule has 0 saturated heterocycles. The third kappa shape index (κ3) is 1.23. The Bertz CT molecular complexity index is 260. The minimum absolute atomic E-state index is 0.736. The van der Waals surface area contributed by atoms with E-state index < -0.39 is 0 Å². The summed E-state index contributed by atoms with van der Waals surface area (Å²) in [6.07, 6.45) is 5.57. The number of hydrogen-bond acceptors (Lipinski definition) is 2. The van der Waals surface area contributed by atoms with Crippen molar-refractivity contribution in [3.63, 3.8) is 0 Å². The third-order valence-electron chi connectivity index (χ3n) is 2.21. The fraction of sp³-hybridized carbons (Fsp3) is 0.444. The van der Waals surface area contributed by atoms with E-state index >= 15 is 0 Å². The lowest BCUT2D eigenvalue weighted by atomic mass is 9.83. The van der Waals surface area contributed by atoms with Gasteiger partial charge in [-0.3, -0.25) is 0 Å². The van der Waals surface area contributed by atoms with Crippen molar-refractivity contribution < 1.29 is 0 Å². The lowest BCUT2D eigenvalue weighted by Crippen LogP contribution is -2.08. The largest absolute Gasteiger partial charge is 0.241 e. The van der Waals surface area contributed by atoms with Crippen LogP contribution < -0.4 is 0 Å². The number of hydrogen-bond donors (Lipinski definition) is 0. The summed E-state index contributed by atoms with van der Waals surface area (Å²) in [6, 6.07) is 0.